The molecule has 2 aromatic rings. The first kappa shape index (κ1) is 15.1. The van der Waals surface area contributed by atoms with Crippen molar-refractivity contribution in [1.29, 1.82) is 0 Å². The number of rotatable bonds is 4. The largest absolute Gasteiger partial charge is 0.380 e. The summed E-state index contributed by atoms with van der Waals surface area (Å²) in [5.74, 6) is 0.855. The summed E-state index contributed by atoms with van der Waals surface area (Å²) in [5, 5.41) is 14.2. The summed E-state index contributed by atoms with van der Waals surface area (Å²) in [4.78, 5) is 10.3. The number of nitro benzene ring substituents is 1. The van der Waals surface area contributed by atoms with Gasteiger partial charge in [-0.3, -0.25) is 10.1 Å². The van der Waals surface area contributed by atoms with E-state index in [0.717, 1.165) is 18.7 Å². The van der Waals surface area contributed by atoms with Crippen molar-refractivity contribution < 1.29 is 13.3 Å². The van der Waals surface area contributed by atoms with E-state index in [2.05, 4.69) is 17.4 Å². The molecule has 0 spiro atoms. The van der Waals surface area contributed by atoms with E-state index in [4.69, 9.17) is 0 Å². The van der Waals surface area contributed by atoms with Crippen molar-refractivity contribution in [3.05, 3.63) is 63.7 Å². The minimum Gasteiger partial charge on any atom is -0.380 e. The van der Waals surface area contributed by atoms with Crippen molar-refractivity contribution in [3.63, 3.8) is 0 Å². The Bertz CT molecular complexity index is 955. The number of nitrogens with zero attached hydrogens (tertiary/aromatic N) is 1. The molecule has 0 amide bonds. The summed E-state index contributed by atoms with van der Waals surface area (Å²) in [6.07, 6.45) is 2.06. The minimum atomic E-state index is -3.56. The molecule has 0 radical (unpaired) electrons. The van der Waals surface area contributed by atoms with Gasteiger partial charge in [-0.2, -0.15) is 0 Å². The van der Waals surface area contributed by atoms with Crippen molar-refractivity contribution in [2.75, 3.05) is 11.6 Å². The van der Waals surface area contributed by atoms with Crippen molar-refractivity contribution >= 4 is 21.2 Å². The molecule has 0 saturated heterocycles. The van der Waals surface area contributed by atoms with Crippen LogP contribution >= 0.6 is 0 Å². The predicted molar refractivity (Wildman–Crippen MR) is 90.0 cm³/mol. The zero-order valence-electron chi connectivity index (χ0n) is 13.0. The molecule has 1 fully saturated rings. The zero-order valence-corrected chi connectivity index (χ0v) is 13.8. The number of nitrogens with one attached hydrogen (secondary N) is 1. The highest BCUT2D eigenvalue weighted by molar-refractivity contribution is 7.90. The zero-order chi connectivity index (χ0) is 17.1. The summed E-state index contributed by atoms with van der Waals surface area (Å²) in [6, 6.07) is 12.4. The fraction of sp³-hybridized carbons (Fsp3) is 0.294. The molecule has 4 rings (SSSR count). The van der Waals surface area contributed by atoms with Crippen LogP contribution in [0.2, 0.25) is 0 Å². The average molecular weight is 344 g/mol. The molecule has 2 aromatic carbocycles. The van der Waals surface area contributed by atoms with Crippen LogP contribution in [-0.2, 0) is 16.3 Å². The van der Waals surface area contributed by atoms with Gasteiger partial charge >= 0.3 is 0 Å². The maximum absolute atomic E-state index is 12.0. The molecule has 3 atom stereocenters. The van der Waals surface area contributed by atoms with Crippen LogP contribution in [-0.4, -0.2) is 25.6 Å². The SMILES string of the molecule is CS(=O)(=O)c1cc([N+](=O)[O-])ccc1N[C@@H]1[C@H]2Cc3ccccc3[C@@H]21. The third-order valence-corrected chi connectivity index (χ3v) is 6.07. The lowest BCUT2D eigenvalue weighted by Crippen LogP contribution is -2.13. The standard InChI is InChI=1S/C17H16N2O4S/c1-24(22,23)15-9-11(19(20)21)6-7-14(15)18-17-13-8-10-4-2-3-5-12(10)16(13)17/h2-7,9,13,16-18H,8H2,1H3/t13-,16-,17+/m0/s1. The Labute approximate surface area is 139 Å². The molecule has 1 saturated carbocycles. The van der Waals surface area contributed by atoms with E-state index in [0.29, 0.717) is 17.5 Å². The minimum absolute atomic E-state index is 0.0186. The summed E-state index contributed by atoms with van der Waals surface area (Å²) in [7, 11) is -3.56. The number of fused-ring (bicyclic) bond motifs is 3. The molecular weight excluding hydrogens is 328 g/mol. The molecule has 6 nitrogen and oxygen atoms in total. The third-order valence-electron chi connectivity index (χ3n) is 4.94. The van der Waals surface area contributed by atoms with Crippen LogP contribution in [0.4, 0.5) is 11.4 Å². The van der Waals surface area contributed by atoms with Gasteiger partial charge in [-0.1, -0.05) is 24.3 Å². The normalized spacial score (nSPS) is 24.1. The monoisotopic (exact) mass is 344 g/mol. The number of anilines is 1. The molecule has 0 bridgehead atoms. The van der Waals surface area contributed by atoms with Gasteiger partial charge in [-0.15, -0.1) is 0 Å². The van der Waals surface area contributed by atoms with Crippen LogP contribution in [0.25, 0.3) is 0 Å². The van der Waals surface area contributed by atoms with Crippen LogP contribution in [0.3, 0.4) is 0 Å². The smallest absolute Gasteiger partial charge is 0.270 e. The fourth-order valence-electron chi connectivity index (χ4n) is 3.78. The van der Waals surface area contributed by atoms with Gasteiger partial charge in [0.1, 0.15) is 0 Å². The van der Waals surface area contributed by atoms with Crippen molar-refractivity contribution in [3.8, 4) is 0 Å². The highest BCUT2D eigenvalue weighted by Gasteiger charge is 2.55. The molecule has 2 aliphatic carbocycles. The molecule has 0 aliphatic heterocycles. The second kappa shape index (κ2) is 5.04. The van der Waals surface area contributed by atoms with Gasteiger partial charge in [0.25, 0.3) is 5.69 Å². The Morgan fingerprint density at radius 1 is 1.21 bits per heavy atom. The van der Waals surface area contributed by atoms with Gasteiger partial charge in [0.15, 0.2) is 9.84 Å². The Hall–Kier alpha value is -2.41. The van der Waals surface area contributed by atoms with E-state index < -0.39 is 14.8 Å². The lowest BCUT2D eigenvalue weighted by molar-refractivity contribution is -0.385. The molecular formula is C17H16N2O4S. The third kappa shape index (κ3) is 2.36. The summed E-state index contributed by atoms with van der Waals surface area (Å²) in [6.45, 7) is 0. The van der Waals surface area contributed by atoms with E-state index in [9.17, 15) is 18.5 Å². The predicted octanol–water partition coefficient (Wildman–Crippen LogP) is 2.75. The van der Waals surface area contributed by atoms with E-state index in [-0.39, 0.29) is 16.6 Å². The number of nitro groups is 1. The highest BCUT2D eigenvalue weighted by Crippen LogP contribution is 2.57. The van der Waals surface area contributed by atoms with E-state index in [1.54, 1.807) is 0 Å². The number of non-ortho nitro benzene ring substituents is 1. The van der Waals surface area contributed by atoms with Crippen LogP contribution in [0, 0.1) is 16.0 Å². The van der Waals surface area contributed by atoms with Gasteiger partial charge in [-0.05, 0) is 29.5 Å². The fourth-order valence-corrected chi connectivity index (χ4v) is 4.64. The van der Waals surface area contributed by atoms with Crippen molar-refractivity contribution in [2.24, 2.45) is 5.92 Å². The molecule has 7 heteroatoms. The summed E-state index contributed by atoms with van der Waals surface area (Å²) >= 11 is 0. The summed E-state index contributed by atoms with van der Waals surface area (Å²) < 4.78 is 24.0. The van der Waals surface area contributed by atoms with E-state index in [1.165, 1.54) is 23.3 Å². The number of sulfone groups is 1. The molecule has 124 valence electrons. The lowest BCUT2D eigenvalue weighted by atomic mass is 10.1. The maximum atomic E-state index is 12.0. The Morgan fingerprint density at radius 2 is 1.96 bits per heavy atom. The van der Waals surface area contributed by atoms with Gasteiger partial charge in [0, 0.05) is 30.3 Å². The van der Waals surface area contributed by atoms with Gasteiger partial charge < -0.3 is 5.32 Å². The molecule has 0 aromatic heterocycles. The Morgan fingerprint density at radius 3 is 2.67 bits per heavy atom. The van der Waals surface area contributed by atoms with E-state index >= 15 is 0 Å². The first-order chi connectivity index (χ1) is 11.4. The van der Waals surface area contributed by atoms with Crippen LogP contribution in [0.1, 0.15) is 17.0 Å². The Kier molecular flexibility index (Phi) is 3.18. The van der Waals surface area contributed by atoms with Crippen molar-refractivity contribution in [1.82, 2.24) is 0 Å². The number of hydrogen-bond donors (Lipinski definition) is 1. The average Bonchev–Trinajstić information content (AvgIpc) is 3.03. The quantitative estimate of drug-likeness (QED) is 0.680. The molecule has 2 aliphatic rings. The Balaban J connectivity index is 1.64. The topological polar surface area (TPSA) is 89.3 Å². The van der Waals surface area contributed by atoms with Crippen LogP contribution < -0.4 is 5.32 Å². The highest BCUT2D eigenvalue weighted by atomic mass is 32.2. The van der Waals surface area contributed by atoms with Crippen molar-refractivity contribution in [2.45, 2.75) is 23.3 Å². The van der Waals surface area contributed by atoms with E-state index in [1.807, 2.05) is 12.1 Å². The molecule has 0 unspecified atom stereocenters. The summed E-state index contributed by atoms with van der Waals surface area (Å²) in [5.41, 5.74) is 2.91. The molecule has 24 heavy (non-hydrogen) atoms. The number of benzene rings is 2. The van der Waals surface area contributed by atoms with Gasteiger partial charge in [0.2, 0.25) is 0 Å². The van der Waals surface area contributed by atoms with Crippen LogP contribution in [0.15, 0.2) is 47.4 Å². The van der Waals surface area contributed by atoms with Gasteiger partial charge in [0.05, 0.1) is 15.5 Å². The first-order valence-electron chi connectivity index (χ1n) is 7.69. The molecule has 0 heterocycles. The second-order valence-electron chi connectivity index (χ2n) is 6.47. The lowest BCUT2D eigenvalue weighted by Gasteiger charge is -2.13. The van der Waals surface area contributed by atoms with Crippen LogP contribution in [0.5, 0.6) is 0 Å². The number of hydrogen-bond acceptors (Lipinski definition) is 5. The maximum Gasteiger partial charge on any atom is 0.270 e. The van der Waals surface area contributed by atoms with Gasteiger partial charge in [-0.25, -0.2) is 8.42 Å². The molecule has 1 N–H and O–H groups in total. The first-order valence-corrected chi connectivity index (χ1v) is 9.58. The second-order valence-corrected chi connectivity index (χ2v) is 8.46.